The molecule has 0 aromatic carbocycles. The van der Waals surface area contributed by atoms with Crippen LogP contribution in [-0.4, -0.2) is 70.7 Å². The number of ether oxygens (including phenoxy) is 1. The van der Waals surface area contributed by atoms with Crippen LogP contribution in [0, 0.1) is 0 Å². The molecule has 19 heavy (non-hydrogen) atoms. The molecule has 2 aliphatic rings. The fourth-order valence-electron chi connectivity index (χ4n) is 2.06. The van der Waals surface area contributed by atoms with Crippen molar-refractivity contribution >= 4 is 17.6 Å². The smallest absolute Gasteiger partial charge is 0.353 e. The molecule has 2 rings (SSSR count). The van der Waals surface area contributed by atoms with Gasteiger partial charge in [-0.1, -0.05) is 5.16 Å². The molecule has 8 heteroatoms. The van der Waals surface area contributed by atoms with Gasteiger partial charge in [0.15, 0.2) is 5.71 Å². The van der Waals surface area contributed by atoms with E-state index < -0.39 is 18.2 Å². The van der Waals surface area contributed by atoms with Gasteiger partial charge in [-0.3, -0.25) is 4.79 Å². The second kappa shape index (κ2) is 5.54. The minimum atomic E-state index is -1.18. The van der Waals surface area contributed by atoms with Crippen LogP contribution in [-0.2, 0) is 19.2 Å². The van der Waals surface area contributed by atoms with E-state index in [2.05, 4.69) is 5.16 Å². The predicted molar refractivity (Wildman–Crippen MR) is 62.6 cm³/mol. The third-order valence-corrected chi connectivity index (χ3v) is 3.18. The van der Waals surface area contributed by atoms with E-state index in [4.69, 9.17) is 19.8 Å². The molecular formula is C11H16N2O6. The molecule has 2 heterocycles. The van der Waals surface area contributed by atoms with Gasteiger partial charge in [-0.05, 0) is 6.92 Å². The van der Waals surface area contributed by atoms with E-state index in [1.54, 1.807) is 0 Å². The van der Waals surface area contributed by atoms with Crippen molar-refractivity contribution in [1.82, 2.24) is 4.90 Å². The van der Waals surface area contributed by atoms with Crippen molar-refractivity contribution in [3.05, 3.63) is 0 Å². The Balaban J connectivity index is 1.98. The van der Waals surface area contributed by atoms with E-state index in [0.717, 1.165) is 0 Å². The maximum absolute atomic E-state index is 12.2. The van der Waals surface area contributed by atoms with E-state index in [9.17, 15) is 9.59 Å². The number of aliphatic hydroxyl groups is 1. The second-order valence-corrected chi connectivity index (χ2v) is 4.62. The van der Waals surface area contributed by atoms with Crippen molar-refractivity contribution in [2.24, 2.45) is 5.16 Å². The maximum Gasteiger partial charge on any atom is 0.353 e. The van der Waals surface area contributed by atoms with Crippen molar-refractivity contribution < 1.29 is 29.4 Å². The first-order valence-electron chi connectivity index (χ1n) is 6.01. The summed E-state index contributed by atoms with van der Waals surface area (Å²) >= 11 is 0. The maximum atomic E-state index is 12.2. The van der Waals surface area contributed by atoms with Gasteiger partial charge in [0.25, 0.3) is 5.91 Å². The zero-order valence-corrected chi connectivity index (χ0v) is 10.5. The monoisotopic (exact) mass is 272 g/mol. The summed E-state index contributed by atoms with van der Waals surface area (Å²) in [6.45, 7) is 2.24. The second-order valence-electron chi connectivity index (χ2n) is 4.62. The Morgan fingerprint density at radius 2 is 2.26 bits per heavy atom. The fraction of sp³-hybridized carbons (Fsp3) is 0.727. The number of carbonyl (C=O) groups excluding carboxylic acids is 1. The number of morpholine rings is 1. The number of hydrogen-bond donors (Lipinski definition) is 2. The summed E-state index contributed by atoms with van der Waals surface area (Å²) in [4.78, 5) is 29.4. The Kier molecular flexibility index (Phi) is 4.01. The van der Waals surface area contributed by atoms with E-state index in [1.165, 1.54) is 4.90 Å². The summed E-state index contributed by atoms with van der Waals surface area (Å²) in [5.74, 6) is -1.51. The summed E-state index contributed by atoms with van der Waals surface area (Å²) in [5, 5.41) is 21.2. The van der Waals surface area contributed by atoms with E-state index in [1.807, 2.05) is 6.92 Å². The average molecular weight is 272 g/mol. The summed E-state index contributed by atoms with van der Waals surface area (Å²) in [5.41, 5.74) is -0.155. The molecular weight excluding hydrogens is 256 g/mol. The molecule has 0 aromatic heterocycles. The van der Waals surface area contributed by atoms with Crippen molar-refractivity contribution in [3.8, 4) is 0 Å². The highest BCUT2D eigenvalue weighted by molar-refractivity contribution is 6.36. The number of carbonyl (C=O) groups is 2. The third-order valence-electron chi connectivity index (χ3n) is 3.18. The third kappa shape index (κ3) is 2.85. The number of carboxylic acid groups (broad SMARTS) is 1. The van der Waals surface area contributed by atoms with E-state index in [-0.39, 0.29) is 37.2 Å². The van der Waals surface area contributed by atoms with Crippen LogP contribution in [0.1, 0.15) is 13.3 Å². The van der Waals surface area contributed by atoms with Crippen LogP contribution in [0.5, 0.6) is 0 Å². The summed E-state index contributed by atoms with van der Waals surface area (Å²) < 4.78 is 5.33. The van der Waals surface area contributed by atoms with Gasteiger partial charge in [0.1, 0.15) is 0 Å². The van der Waals surface area contributed by atoms with Crippen molar-refractivity contribution in [2.45, 2.75) is 31.6 Å². The first-order chi connectivity index (χ1) is 9.02. The van der Waals surface area contributed by atoms with Gasteiger partial charge in [-0.15, -0.1) is 0 Å². The summed E-state index contributed by atoms with van der Waals surface area (Å²) in [7, 11) is 0. The van der Waals surface area contributed by atoms with Crippen LogP contribution in [0.15, 0.2) is 5.16 Å². The van der Waals surface area contributed by atoms with Gasteiger partial charge < -0.3 is 24.7 Å². The van der Waals surface area contributed by atoms with Crippen LogP contribution in [0.3, 0.4) is 0 Å². The zero-order chi connectivity index (χ0) is 14.0. The number of amides is 1. The fourth-order valence-corrected chi connectivity index (χ4v) is 2.06. The molecule has 2 N–H and O–H groups in total. The molecule has 2 aliphatic heterocycles. The number of aliphatic hydroxyl groups excluding tert-OH is 1. The lowest BCUT2D eigenvalue weighted by atomic mass is 10.1. The first-order valence-corrected chi connectivity index (χ1v) is 6.01. The quantitative estimate of drug-likeness (QED) is 0.669. The Bertz CT molecular complexity index is 410. The molecule has 1 amide bonds. The molecule has 106 valence electrons. The van der Waals surface area contributed by atoms with Gasteiger partial charge in [-0.25, -0.2) is 4.79 Å². The molecule has 0 saturated carbocycles. The molecule has 0 bridgehead atoms. The van der Waals surface area contributed by atoms with Crippen LogP contribution in [0.4, 0.5) is 0 Å². The Morgan fingerprint density at radius 1 is 1.53 bits per heavy atom. The average Bonchev–Trinajstić information content (AvgIpc) is 2.88. The van der Waals surface area contributed by atoms with Crippen LogP contribution in [0.25, 0.3) is 0 Å². The number of aliphatic carboxylic acids is 1. The van der Waals surface area contributed by atoms with E-state index in [0.29, 0.717) is 6.61 Å². The highest BCUT2D eigenvalue weighted by Gasteiger charge is 2.38. The van der Waals surface area contributed by atoms with Gasteiger partial charge in [0, 0.05) is 13.0 Å². The van der Waals surface area contributed by atoms with Crippen molar-refractivity contribution in [1.29, 1.82) is 0 Å². The van der Waals surface area contributed by atoms with Gasteiger partial charge in [0.05, 0.1) is 25.4 Å². The largest absolute Gasteiger partial charge is 0.477 e. The zero-order valence-electron chi connectivity index (χ0n) is 10.5. The van der Waals surface area contributed by atoms with E-state index >= 15 is 0 Å². The Hall–Kier alpha value is -1.67. The lowest BCUT2D eigenvalue weighted by Crippen LogP contribution is -2.54. The van der Waals surface area contributed by atoms with Crippen molar-refractivity contribution in [2.75, 3.05) is 19.8 Å². The lowest BCUT2D eigenvalue weighted by Gasteiger charge is -2.38. The molecule has 3 unspecified atom stereocenters. The molecule has 0 aliphatic carbocycles. The normalized spacial score (nSPS) is 30.7. The number of rotatable bonds is 3. The standard InChI is InChI=1S/C11H16N2O6/c1-6-5-18-7(4-14)3-13(6)10(15)9-2-8(11(16)17)12-19-9/h6-7,9,14H,2-5H2,1H3,(H,16,17). The Labute approximate surface area is 109 Å². The molecule has 8 nitrogen and oxygen atoms in total. The minimum Gasteiger partial charge on any atom is -0.477 e. The lowest BCUT2D eigenvalue weighted by molar-refractivity contribution is -0.156. The molecule has 0 radical (unpaired) electrons. The van der Waals surface area contributed by atoms with Crippen LogP contribution >= 0.6 is 0 Å². The highest BCUT2D eigenvalue weighted by Crippen LogP contribution is 2.18. The number of nitrogens with zero attached hydrogens (tertiary/aromatic N) is 2. The summed E-state index contributed by atoms with van der Waals surface area (Å²) in [6, 6.07) is -0.146. The molecule has 1 saturated heterocycles. The van der Waals surface area contributed by atoms with Crippen LogP contribution in [0.2, 0.25) is 0 Å². The molecule has 1 fully saturated rings. The minimum absolute atomic E-state index is 0.0396. The van der Waals surface area contributed by atoms with Gasteiger partial charge in [0.2, 0.25) is 6.10 Å². The highest BCUT2D eigenvalue weighted by atomic mass is 16.6. The first kappa shape index (κ1) is 13.8. The predicted octanol–water partition coefficient (Wildman–Crippen LogP) is -1.18. The number of oxime groups is 1. The summed E-state index contributed by atoms with van der Waals surface area (Å²) in [6.07, 6.45) is -1.35. The SMILES string of the molecule is CC1COC(CO)CN1C(=O)C1CC(C(=O)O)=NO1. The van der Waals surface area contributed by atoms with Crippen LogP contribution < -0.4 is 0 Å². The molecule has 0 spiro atoms. The Morgan fingerprint density at radius 3 is 2.84 bits per heavy atom. The number of carboxylic acids is 1. The van der Waals surface area contributed by atoms with Gasteiger partial charge in [-0.2, -0.15) is 0 Å². The molecule has 0 aromatic rings. The van der Waals surface area contributed by atoms with Crippen molar-refractivity contribution in [3.63, 3.8) is 0 Å². The van der Waals surface area contributed by atoms with Gasteiger partial charge >= 0.3 is 5.97 Å². The molecule has 3 atom stereocenters. The number of hydrogen-bond acceptors (Lipinski definition) is 6. The topological polar surface area (TPSA) is 109 Å².